The van der Waals surface area contributed by atoms with Crippen LogP contribution in [0.15, 0.2) is 12.1 Å². The molecule has 0 saturated heterocycles. The molecule has 0 aliphatic rings. The van der Waals surface area contributed by atoms with Gasteiger partial charge in [-0.1, -0.05) is 0 Å². The van der Waals surface area contributed by atoms with Gasteiger partial charge in [0.1, 0.15) is 0 Å². The number of amides is 1. The number of rotatable bonds is 5. The number of anilines is 3. The van der Waals surface area contributed by atoms with Crippen molar-refractivity contribution in [1.29, 1.82) is 0 Å². The smallest absolute Gasteiger partial charge is 0.221 e. The first-order valence-electron chi connectivity index (χ1n) is 6.03. The first-order chi connectivity index (χ1) is 8.81. The third kappa shape index (κ3) is 4.40. The van der Waals surface area contributed by atoms with Gasteiger partial charge in [0.25, 0.3) is 0 Å². The Bertz CT molecular complexity index is 462. The Labute approximate surface area is 113 Å². The third-order valence-corrected chi connectivity index (χ3v) is 2.66. The molecule has 0 aliphatic carbocycles. The van der Waals surface area contributed by atoms with Crippen LogP contribution in [0.25, 0.3) is 0 Å². The van der Waals surface area contributed by atoms with E-state index in [1.807, 2.05) is 19.0 Å². The molecular weight excluding hydrogens is 247 g/mol. The van der Waals surface area contributed by atoms with Crippen LogP contribution in [-0.2, 0) is 4.79 Å². The van der Waals surface area contributed by atoms with Crippen LogP contribution in [0.1, 0.15) is 6.92 Å². The fraction of sp³-hybridized carbons (Fsp3) is 0.462. The lowest BCUT2D eigenvalue weighted by molar-refractivity contribution is -0.114. The molecule has 1 rings (SSSR count). The minimum Gasteiger partial charge on any atom is -0.399 e. The maximum absolute atomic E-state index is 14.0. The van der Waals surface area contributed by atoms with Gasteiger partial charge in [0.05, 0.1) is 11.4 Å². The molecule has 1 aromatic carbocycles. The number of benzene rings is 1. The second-order valence-corrected chi connectivity index (χ2v) is 4.80. The van der Waals surface area contributed by atoms with Crippen LogP contribution in [0.2, 0.25) is 0 Å². The summed E-state index contributed by atoms with van der Waals surface area (Å²) >= 11 is 0. The predicted octanol–water partition coefficient (Wildman–Crippen LogP) is 1.36. The molecule has 0 aromatic heterocycles. The molecule has 0 bridgehead atoms. The number of halogens is 1. The molecule has 0 saturated carbocycles. The Morgan fingerprint density at radius 1 is 1.32 bits per heavy atom. The van der Waals surface area contributed by atoms with Crippen molar-refractivity contribution in [2.45, 2.75) is 6.92 Å². The van der Waals surface area contributed by atoms with E-state index in [9.17, 15) is 9.18 Å². The SMILES string of the molecule is CC(=O)Nc1cc(N)cc(F)c1N(C)CCN(C)C. The highest BCUT2D eigenvalue weighted by Gasteiger charge is 2.15. The second kappa shape index (κ2) is 6.38. The van der Waals surface area contributed by atoms with Crippen molar-refractivity contribution in [1.82, 2.24) is 4.90 Å². The van der Waals surface area contributed by atoms with E-state index in [2.05, 4.69) is 5.32 Å². The fourth-order valence-corrected chi connectivity index (χ4v) is 1.75. The molecule has 3 N–H and O–H groups in total. The van der Waals surface area contributed by atoms with Crippen molar-refractivity contribution in [3.8, 4) is 0 Å². The van der Waals surface area contributed by atoms with Crippen LogP contribution in [-0.4, -0.2) is 45.0 Å². The maximum Gasteiger partial charge on any atom is 0.221 e. The topological polar surface area (TPSA) is 61.6 Å². The van der Waals surface area contributed by atoms with Gasteiger partial charge in [0.15, 0.2) is 5.82 Å². The molecule has 6 heteroatoms. The van der Waals surface area contributed by atoms with Gasteiger partial charge < -0.3 is 20.9 Å². The molecule has 0 aliphatic heterocycles. The number of likely N-dealkylation sites (N-methyl/N-ethyl adjacent to an activating group) is 2. The van der Waals surface area contributed by atoms with Crippen molar-refractivity contribution < 1.29 is 9.18 Å². The average Bonchev–Trinajstić information content (AvgIpc) is 2.24. The van der Waals surface area contributed by atoms with E-state index in [-0.39, 0.29) is 11.6 Å². The zero-order chi connectivity index (χ0) is 14.6. The molecule has 0 fully saturated rings. The zero-order valence-corrected chi connectivity index (χ0v) is 11.8. The number of nitrogens with zero attached hydrogens (tertiary/aromatic N) is 2. The summed E-state index contributed by atoms with van der Waals surface area (Å²) in [5.74, 6) is -0.697. The lowest BCUT2D eigenvalue weighted by Crippen LogP contribution is -2.30. The van der Waals surface area contributed by atoms with Gasteiger partial charge in [-0.3, -0.25) is 4.79 Å². The summed E-state index contributed by atoms with van der Waals surface area (Å²) in [5, 5.41) is 2.61. The predicted molar refractivity (Wildman–Crippen MR) is 76.9 cm³/mol. The average molecular weight is 268 g/mol. The van der Waals surface area contributed by atoms with Gasteiger partial charge in [-0.25, -0.2) is 4.39 Å². The summed E-state index contributed by atoms with van der Waals surface area (Å²) in [4.78, 5) is 14.9. The number of nitrogen functional groups attached to an aromatic ring is 1. The molecule has 106 valence electrons. The lowest BCUT2D eigenvalue weighted by atomic mass is 10.2. The summed E-state index contributed by atoms with van der Waals surface area (Å²) in [6.07, 6.45) is 0. The van der Waals surface area contributed by atoms with E-state index >= 15 is 0 Å². The molecule has 19 heavy (non-hydrogen) atoms. The summed E-state index contributed by atoms with van der Waals surface area (Å²) in [6.45, 7) is 2.80. The summed E-state index contributed by atoms with van der Waals surface area (Å²) in [5.41, 5.74) is 6.64. The molecule has 1 aromatic rings. The van der Waals surface area contributed by atoms with E-state index in [0.29, 0.717) is 17.9 Å². The molecule has 0 unspecified atom stereocenters. The third-order valence-electron chi connectivity index (χ3n) is 2.66. The number of nitrogens with two attached hydrogens (primary N) is 1. The van der Waals surface area contributed by atoms with Crippen molar-refractivity contribution in [3.63, 3.8) is 0 Å². The Balaban J connectivity index is 3.05. The van der Waals surface area contributed by atoms with Gasteiger partial charge in [-0.2, -0.15) is 0 Å². The Kier molecular flexibility index (Phi) is 5.11. The van der Waals surface area contributed by atoms with E-state index in [1.54, 1.807) is 18.0 Å². The molecule has 0 heterocycles. The largest absolute Gasteiger partial charge is 0.399 e. The minimum absolute atomic E-state index is 0.257. The standard InChI is InChI=1S/C13H21FN4O/c1-9(19)16-12-8-10(15)7-11(14)13(12)18(4)6-5-17(2)3/h7-8H,5-6,15H2,1-4H3,(H,16,19). The second-order valence-electron chi connectivity index (χ2n) is 4.80. The van der Waals surface area contributed by atoms with Crippen LogP contribution in [0, 0.1) is 5.82 Å². The Morgan fingerprint density at radius 3 is 2.47 bits per heavy atom. The number of hydrogen-bond donors (Lipinski definition) is 2. The fourth-order valence-electron chi connectivity index (χ4n) is 1.75. The number of hydrogen-bond acceptors (Lipinski definition) is 4. The summed E-state index contributed by atoms with van der Waals surface area (Å²) < 4.78 is 14.0. The van der Waals surface area contributed by atoms with Gasteiger partial charge in [-0.15, -0.1) is 0 Å². The van der Waals surface area contributed by atoms with Gasteiger partial charge in [0.2, 0.25) is 5.91 Å². The molecule has 0 spiro atoms. The first kappa shape index (κ1) is 15.2. The molecule has 5 nitrogen and oxygen atoms in total. The number of carbonyl (C=O) groups is 1. The van der Waals surface area contributed by atoms with E-state index in [0.717, 1.165) is 6.54 Å². The van der Waals surface area contributed by atoms with Crippen molar-refractivity contribution in [3.05, 3.63) is 17.9 Å². The lowest BCUT2D eigenvalue weighted by Gasteiger charge is -2.25. The van der Waals surface area contributed by atoms with E-state index < -0.39 is 5.82 Å². The quantitative estimate of drug-likeness (QED) is 0.792. The molecule has 0 atom stereocenters. The Hall–Kier alpha value is -1.82. The molecule has 1 amide bonds. The maximum atomic E-state index is 14.0. The van der Waals surface area contributed by atoms with E-state index in [1.165, 1.54) is 13.0 Å². The zero-order valence-electron chi connectivity index (χ0n) is 11.8. The van der Waals surface area contributed by atoms with Crippen LogP contribution in [0.4, 0.5) is 21.5 Å². The highest BCUT2D eigenvalue weighted by atomic mass is 19.1. The minimum atomic E-state index is -0.440. The van der Waals surface area contributed by atoms with Gasteiger partial charge in [0, 0.05) is 32.7 Å². The van der Waals surface area contributed by atoms with Crippen LogP contribution in [0.3, 0.4) is 0 Å². The molecule has 0 radical (unpaired) electrons. The number of carbonyl (C=O) groups excluding carboxylic acids is 1. The number of nitrogens with one attached hydrogen (secondary N) is 1. The van der Waals surface area contributed by atoms with Crippen LogP contribution < -0.4 is 16.0 Å². The molecular formula is C13H21FN4O. The van der Waals surface area contributed by atoms with Crippen molar-refractivity contribution in [2.75, 3.05) is 50.2 Å². The Morgan fingerprint density at radius 2 is 1.95 bits per heavy atom. The van der Waals surface area contributed by atoms with Crippen LogP contribution >= 0.6 is 0 Å². The summed E-state index contributed by atoms with van der Waals surface area (Å²) in [6, 6.07) is 2.82. The van der Waals surface area contributed by atoms with Crippen molar-refractivity contribution in [2.24, 2.45) is 0 Å². The highest BCUT2D eigenvalue weighted by Crippen LogP contribution is 2.31. The van der Waals surface area contributed by atoms with Gasteiger partial charge in [-0.05, 0) is 26.2 Å². The van der Waals surface area contributed by atoms with E-state index in [4.69, 9.17) is 5.73 Å². The monoisotopic (exact) mass is 268 g/mol. The normalized spacial score (nSPS) is 10.6. The highest BCUT2D eigenvalue weighted by molar-refractivity contribution is 5.93. The first-order valence-corrected chi connectivity index (χ1v) is 6.03. The van der Waals surface area contributed by atoms with Crippen LogP contribution in [0.5, 0.6) is 0 Å². The van der Waals surface area contributed by atoms with Gasteiger partial charge >= 0.3 is 0 Å². The summed E-state index contributed by atoms with van der Waals surface area (Å²) in [7, 11) is 5.67. The van der Waals surface area contributed by atoms with Crippen molar-refractivity contribution >= 4 is 23.0 Å².